The van der Waals surface area contributed by atoms with Crippen molar-refractivity contribution in [2.75, 3.05) is 0 Å². The van der Waals surface area contributed by atoms with Crippen molar-refractivity contribution >= 4 is 18.7 Å². The molecule has 1 fully saturated rings. The first kappa shape index (κ1) is 13.3. The van der Waals surface area contributed by atoms with E-state index in [2.05, 4.69) is 11.6 Å². The van der Waals surface area contributed by atoms with Crippen molar-refractivity contribution in [3.8, 4) is 0 Å². The Morgan fingerprint density at radius 1 is 1.22 bits per heavy atom. The Kier molecular flexibility index (Phi) is 3.12. The zero-order valence-corrected chi connectivity index (χ0v) is 11.8. The Bertz CT molecular complexity index is 467. The first-order valence-corrected chi connectivity index (χ1v) is 6.21. The van der Waals surface area contributed by atoms with Gasteiger partial charge in [-0.3, -0.25) is 4.98 Å². The molecule has 0 spiro atoms. The highest BCUT2D eigenvalue weighted by Gasteiger charge is 2.51. The molecule has 0 radical (unpaired) electrons. The number of nitrogens with zero attached hydrogens (tertiary/aromatic N) is 1. The highest BCUT2D eigenvalue weighted by atomic mass is 16.7. The third kappa shape index (κ3) is 2.11. The molecule has 0 aromatic carbocycles. The van der Waals surface area contributed by atoms with Gasteiger partial charge in [0, 0.05) is 17.4 Å². The molecule has 1 aliphatic rings. The van der Waals surface area contributed by atoms with Gasteiger partial charge in [-0.1, -0.05) is 18.7 Å². The molecule has 0 saturated carbocycles. The third-order valence-corrected chi connectivity index (χ3v) is 3.89. The fourth-order valence-corrected chi connectivity index (χ4v) is 1.88. The van der Waals surface area contributed by atoms with Gasteiger partial charge < -0.3 is 9.31 Å². The monoisotopic (exact) mass is 245 g/mol. The molecule has 0 amide bonds. The molecule has 4 heteroatoms. The quantitative estimate of drug-likeness (QED) is 0.749. The average molecular weight is 245 g/mol. The van der Waals surface area contributed by atoms with E-state index in [1.165, 1.54) is 0 Å². The molecule has 3 nitrogen and oxygen atoms in total. The van der Waals surface area contributed by atoms with E-state index in [-0.39, 0.29) is 18.3 Å². The van der Waals surface area contributed by atoms with Crippen LogP contribution in [0.4, 0.5) is 0 Å². The first-order valence-electron chi connectivity index (χ1n) is 6.21. The summed E-state index contributed by atoms with van der Waals surface area (Å²) < 4.78 is 12.0. The van der Waals surface area contributed by atoms with Gasteiger partial charge in [0.25, 0.3) is 0 Å². The standard InChI is InChI=1S/C14H20BNO2/c1-7-11-8-12(9-16-10(11)2)15-17-13(3,4)14(5,6)18-15/h7-9H,1H2,2-6H3. The van der Waals surface area contributed by atoms with E-state index in [0.29, 0.717) is 0 Å². The average Bonchev–Trinajstić information content (AvgIpc) is 2.49. The minimum Gasteiger partial charge on any atom is -0.399 e. The summed E-state index contributed by atoms with van der Waals surface area (Å²) in [7, 11) is -0.359. The Balaban J connectivity index is 2.32. The number of hydrogen-bond donors (Lipinski definition) is 0. The molecule has 0 unspecified atom stereocenters. The van der Waals surface area contributed by atoms with Crippen LogP contribution in [0.1, 0.15) is 39.0 Å². The van der Waals surface area contributed by atoms with Crippen LogP contribution in [0.25, 0.3) is 6.08 Å². The predicted molar refractivity (Wildman–Crippen MR) is 74.8 cm³/mol. The molecule has 1 aromatic heterocycles. The van der Waals surface area contributed by atoms with Crippen molar-refractivity contribution in [1.82, 2.24) is 4.98 Å². The van der Waals surface area contributed by atoms with Gasteiger partial charge in [-0.05, 0) is 40.2 Å². The highest BCUT2D eigenvalue weighted by molar-refractivity contribution is 6.62. The number of pyridine rings is 1. The maximum atomic E-state index is 5.99. The molecule has 0 bridgehead atoms. The van der Waals surface area contributed by atoms with Crippen molar-refractivity contribution < 1.29 is 9.31 Å². The zero-order chi connectivity index (χ0) is 13.6. The minimum absolute atomic E-state index is 0.323. The Hall–Kier alpha value is -1.13. The van der Waals surface area contributed by atoms with Gasteiger partial charge in [0.1, 0.15) is 0 Å². The molecule has 0 aliphatic carbocycles. The van der Waals surface area contributed by atoms with Crippen LogP contribution in [-0.4, -0.2) is 23.3 Å². The molecule has 1 aliphatic heterocycles. The van der Waals surface area contributed by atoms with Crippen molar-refractivity contribution in [3.63, 3.8) is 0 Å². The molecule has 96 valence electrons. The van der Waals surface area contributed by atoms with Crippen molar-refractivity contribution in [1.29, 1.82) is 0 Å². The fraction of sp³-hybridized carbons (Fsp3) is 0.500. The summed E-state index contributed by atoms with van der Waals surface area (Å²) in [6.07, 6.45) is 3.61. The Labute approximate surface area is 109 Å². The summed E-state index contributed by atoms with van der Waals surface area (Å²) >= 11 is 0. The summed E-state index contributed by atoms with van der Waals surface area (Å²) in [6, 6.07) is 2.03. The van der Waals surface area contributed by atoms with E-state index in [4.69, 9.17) is 9.31 Å². The van der Waals surface area contributed by atoms with Crippen LogP contribution >= 0.6 is 0 Å². The number of aryl methyl sites for hydroxylation is 1. The first-order chi connectivity index (χ1) is 8.27. The molecule has 18 heavy (non-hydrogen) atoms. The van der Waals surface area contributed by atoms with Gasteiger partial charge in [0.15, 0.2) is 0 Å². The van der Waals surface area contributed by atoms with Gasteiger partial charge in [-0.2, -0.15) is 0 Å². The molecule has 1 aromatic rings. The molecule has 2 rings (SSSR count). The van der Waals surface area contributed by atoms with Crippen LogP contribution in [0.5, 0.6) is 0 Å². The van der Waals surface area contributed by atoms with Crippen LogP contribution in [-0.2, 0) is 9.31 Å². The molecule has 0 atom stereocenters. The van der Waals surface area contributed by atoms with Crippen LogP contribution in [0, 0.1) is 6.92 Å². The normalized spacial score (nSPS) is 21.1. The maximum Gasteiger partial charge on any atom is 0.496 e. The van der Waals surface area contributed by atoms with Gasteiger partial charge in [0.2, 0.25) is 0 Å². The highest BCUT2D eigenvalue weighted by Crippen LogP contribution is 2.36. The lowest BCUT2D eigenvalue weighted by Gasteiger charge is -2.32. The lowest BCUT2D eigenvalue weighted by Crippen LogP contribution is -2.41. The molecular weight excluding hydrogens is 225 g/mol. The topological polar surface area (TPSA) is 31.4 Å². The Morgan fingerprint density at radius 3 is 2.28 bits per heavy atom. The lowest BCUT2D eigenvalue weighted by atomic mass is 9.79. The summed E-state index contributed by atoms with van der Waals surface area (Å²) in [5.41, 5.74) is 2.27. The second-order valence-corrected chi connectivity index (χ2v) is 5.74. The summed E-state index contributed by atoms with van der Waals surface area (Å²) in [6.45, 7) is 13.9. The lowest BCUT2D eigenvalue weighted by molar-refractivity contribution is 0.00578. The number of rotatable bonds is 2. The van der Waals surface area contributed by atoms with E-state index in [0.717, 1.165) is 16.7 Å². The maximum absolute atomic E-state index is 5.99. The molecule has 0 N–H and O–H groups in total. The number of aromatic nitrogens is 1. The fourth-order valence-electron chi connectivity index (χ4n) is 1.88. The molecule has 2 heterocycles. The van der Waals surface area contributed by atoms with E-state index in [1.54, 1.807) is 6.08 Å². The predicted octanol–water partition coefficient (Wildman–Crippen LogP) is 2.33. The molecule has 1 saturated heterocycles. The van der Waals surface area contributed by atoms with Crippen LogP contribution in [0.3, 0.4) is 0 Å². The van der Waals surface area contributed by atoms with E-state index in [9.17, 15) is 0 Å². The number of hydrogen-bond acceptors (Lipinski definition) is 3. The van der Waals surface area contributed by atoms with E-state index in [1.807, 2.05) is 46.9 Å². The van der Waals surface area contributed by atoms with Gasteiger partial charge in [-0.25, -0.2) is 0 Å². The summed E-state index contributed by atoms with van der Waals surface area (Å²) in [5.74, 6) is 0. The van der Waals surface area contributed by atoms with Gasteiger partial charge >= 0.3 is 7.12 Å². The van der Waals surface area contributed by atoms with Gasteiger partial charge in [-0.15, -0.1) is 0 Å². The second kappa shape index (κ2) is 4.21. The van der Waals surface area contributed by atoms with Crippen molar-refractivity contribution in [2.45, 2.75) is 45.8 Å². The van der Waals surface area contributed by atoms with Crippen LogP contribution in [0.2, 0.25) is 0 Å². The largest absolute Gasteiger partial charge is 0.496 e. The van der Waals surface area contributed by atoms with E-state index < -0.39 is 0 Å². The summed E-state index contributed by atoms with van der Waals surface area (Å²) in [5, 5.41) is 0. The van der Waals surface area contributed by atoms with Crippen molar-refractivity contribution in [3.05, 3.63) is 30.1 Å². The summed E-state index contributed by atoms with van der Waals surface area (Å²) in [4.78, 5) is 4.36. The second-order valence-electron chi connectivity index (χ2n) is 5.74. The van der Waals surface area contributed by atoms with E-state index >= 15 is 0 Å². The smallest absolute Gasteiger partial charge is 0.399 e. The Morgan fingerprint density at radius 2 is 1.78 bits per heavy atom. The minimum atomic E-state index is -0.359. The van der Waals surface area contributed by atoms with Crippen LogP contribution in [0.15, 0.2) is 18.8 Å². The third-order valence-electron chi connectivity index (χ3n) is 3.89. The SMILES string of the molecule is C=Cc1cc(B2OC(C)(C)C(C)(C)O2)cnc1C. The molecular formula is C14H20BNO2. The zero-order valence-electron chi connectivity index (χ0n) is 11.8. The van der Waals surface area contributed by atoms with Gasteiger partial charge in [0.05, 0.1) is 11.2 Å². The van der Waals surface area contributed by atoms with Crippen LogP contribution < -0.4 is 5.46 Å². The van der Waals surface area contributed by atoms with Crippen molar-refractivity contribution in [2.24, 2.45) is 0 Å².